The summed E-state index contributed by atoms with van der Waals surface area (Å²) in [7, 11) is 3.20. The van der Waals surface area contributed by atoms with Gasteiger partial charge < -0.3 is 20.1 Å². The Hall–Kier alpha value is -3.04. The van der Waals surface area contributed by atoms with E-state index in [0.29, 0.717) is 30.2 Å². The van der Waals surface area contributed by atoms with Gasteiger partial charge in [0.05, 0.1) is 32.1 Å². The van der Waals surface area contributed by atoms with E-state index < -0.39 is 0 Å². The third kappa shape index (κ3) is 7.80. The van der Waals surface area contributed by atoms with Gasteiger partial charge >= 0.3 is 0 Å². The first kappa shape index (κ1) is 24.6. The Morgan fingerprint density at radius 1 is 1.03 bits per heavy atom. The standard InChI is InChI=1S/C24H27N3O4S2/c1-16-4-7-18(8-5-16)26-23(29)15-33-24-27-19(14-32-24)13-22(28)25-11-10-17-6-9-20(30-2)21(12-17)31-3/h4-9,12,14H,10-11,13,15H2,1-3H3,(H,25,28)(H,26,29). The van der Waals surface area contributed by atoms with Crippen molar-refractivity contribution in [3.8, 4) is 11.5 Å². The fourth-order valence-electron chi connectivity index (χ4n) is 3.01. The van der Waals surface area contributed by atoms with Crippen molar-refractivity contribution in [3.63, 3.8) is 0 Å². The summed E-state index contributed by atoms with van der Waals surface area (Å²) in [5, 5.41) is 7.64. The molecule has 0 bridgehead atoms. The molecule has 1 aromatic heterocycles. The number of aromatic nitrogens is 1. The minimum atomic E-state index is -0.0893. The number of thioether (sulfide) groups is 1. The smallest absolute Gasteiger partial charge is 0.234 e. The molecule has 33 heavy (non-hydrogen) atoms. The van der Waals surface area contributed by atoms with Crippen molar-refractivity contribution in [3.05, 3.63) is 64.7 Å². The average molecular weight is 486 g/mol. The van der Waals surface area contributed by atoms with E-state index in [1.165, 1.54) is 23.1 Å². The summed E-state index contributed by atoms with van der Waals surface area (Å²) in [4.78, 5) is 28.9. The molecule has 2 aromatic carbocycles. The van der Waals surface area contributed by atoms with Crippen LogP contribution in [-0.4, -0.2) is 43.3 Å². The fraction of sp³-hybridized carbons (Fsp3) is 0.292. The van der Waals surface area contributed by atoms with Crippen molar-refractivity contribution >= 4 is 40.6 Å². The second kappa shape index (κ2) is 12.3. The number of amides is 2. The Balaban J connectivity index is 1.39. The lowest BCUT2D eigenvalue weighted by atomic mass is 10.1. The molecule has 7 nitrogen and oxygen atoms in total. The number of benzene rings is 2. The van der Waals surface area contributed by atoms with Crippen LogP contribution in [0.15, 0.2) is 52.2 Å². The Bertz CT molecular complexity index is 1080. The van der Waals surface area contributed by atoms with Crippen LogP contribution in [0, 0.1) is 6.92 Å². The third-order valence-corrected chi connectivity index (χ3v) is 6.79. The van der Waals surface area contributed by atoms with E-state index in [2.05, 4.69) is 15.6 Å². The molecule has 1 heterocycles. The Labute approximate surface area is 201 Å². The molecule has 2 amide bonds. The van der Waals surface area contributed by atoms with Crippen molar-refractivity contribution in [2.45, 2.75) is 24.1 Å². The topological polar surface area (TPSA) is 89.5 Å². The van der Waals surface area contributed by atoms with E-state index in [4.69, 9.17) is 9.47 Å². The van der Waals surface area contributed by atoms with E-state index >= 15 is 0 Å². The quantitative estimate of drug-likeness (QED) is 0.398. The predicted octanol–water partition coefficient (Wildman–Crippen LogP) is 4.10. The number of hydrogen-bond acceptors (Lipinski definition) is 7. The first-order valence-corrected chi connectivity index (χ1v) is 12.2. The van der Waals surface area contributed by atoms with Gasteiger partial charge in [-0.1, -0.05) is 35.5 Å². The summed E-state index contributed by atoms with van der Waals surface area (Å²) in [6, 6.07) is 13.4. The highest BCUT2D eigenvalue weighted by Crippen LogP contribution is 2.27. The molecular weight excluding hydrogens is 458 g/mol. The maximum absolute atomic E-state index is 12.3. The molecule has 3 aromatic rings. The number of nitrogens with one attached hydrogen (secondary N) is 2. The molecule has 0 unspecified atom stereocenters. The molecule has 0 spiro atoms. The second-order valence-electron chi connectivity index (χ2n) is 7.27. The van der Waals surface area contributed by atoms with Crippen LogP contribution in [0.5, 0.6) is 11.5 Å². The van der Waals surface area contributed by atoms with Crippen molar-refractivity contribution in [1.29, 1.82) is 0 Å². The maximum Gasteiger partial charge on any atom is 0.234 e. The van der Waals surface area contributed by atoms with E-state index in [9.17, 15) is 9.59 Å². The van der Waals surface area contributed by atoms with Crippen LogP contribution in [-0.2, 0) is 22.4 Å². The van der Waals surface area contributed by atoms with Gasteiger partial charge in [-0.05, 0) is 43.2 Å². The lowest BCUT2D eigenvalue weighted by molar-refractivity contribution is -0.120. The number of nitrogens with zero attached hydrogens (tertiary/aromatic N) is 1. The van der Waals surface area contributed by atoms with E-state index in [1.807, 2.05) is 54.8 Å². The first-order chi connectivity index (χ1) is 16.0. The number of aryl methyl sites for hydroxylation is 1. The molecule has 0 atom stereocenters. The van der Waals surface area contributed by atoms with Crippen LogP contribution >= 0.6 is 23.1 Å². The Kier molecular flexibility index (Phi) is 9.14. The number of ether oxygens (including phenoxy) is 2. The summed E-state index contributed by atoms with van der Waals surface area (Å²) in [6.07, 6.45) is 0.888. The van der Waals surface area contributed by atoms with Gasteiger partial charge in [0.2, 0.25) is 11.8 Å². The SMILES string of the molecule is COc1ccc(CCNC(=O)Cc2csc(SCC(=O)Nc3ccc(C)cc3)n2)cc1OC. The highest BCUT2D eigenvalue weighted by molar-refractivity contribution is 8.01. The van der Waals surface area contributed by atoms with Crippen LogP contribution in [0.3, 0.4) is 0 Å². The lowest BCUT2D eigenvalue weighted by Crippen LogP contribution is -2.27. The number of carbonyl (C=O) groups excluding carboxylic acids is 2. The highest BCUT2D eigenvalue weighted by Gasteiger charge is 2.11. The van der Waals surface area contributed by atoms with Gasteiger partial charge in [0.25, 0.3) is 0 Å². The van der Waals surface area contributed by atoms with Gasteiger partial charge in [-0.25, -0.2) is 4.98 Å². The van der Waals surface area contributed by atoms with Crippen LogP contribution in [0.25, 0.3) is 0 Å². The zero-order chi connectivity index (χ0) is 23.6. The maximum atomic E-state index is 12.3. The van der Waals surface area contributed by atoms with Gasteiger partial charge in [-0.3, -0.25) is 9.59 Å². The van der Waals surface area contributed by atoms with Gasteiger partial charge in [-0.2, -0.15) is 0 Å². The Morgan fingerprint density at radius 2 is 1.79 bits per heavy atom. The predicted molar refractivity (Wildman–Crippen MR) is 133 cm³/mol. The van der Waals surface area contributed by atoms with Crippen LogP contribution < -0.4 is 20.1 Å². The molecule has 9 heteroatoms. The van der Waals surface area contributed by atoms with Gasteiger partial charge in [0.15, 0.2) is 15.8 Å². The molecule has 0 radical (unpaired) electrons. The Morgan fingerprint density at radius 3 is 2.52 bits per heavy atom. The summed E-state index contributed by atoms with van der Waals surface area (Å²) >= 11 is 2.80. The minimum Gasteiger partial charge on any atom is -0.493 e. The lowest BCUT2D eigenvalue weighted by Gasteiger charge is -2.10. The van der Waals surface area contributed by atoms with Gasteiger partial charge in [-0.15, -0.1) is 11.3 Å². The molecule has 174 valence electrons. The largest absolute Gasteiger partial charge is 0.493 e. The summed E-state index contributed by atoms with van der Waals surface area (Å²) < 4.78 is 11.3. The van der Waals surface area contributed by atoms with Crippen LogP contribution in [0.1, 0.15) is 16.8 Å². The zero-order valence-electron chi connectivity index (χ0n) is 18.8. The molecule has 0 fully saturated rings. The molecular formula is C24H27N3O4S2. The van der Waals surface area contributed by atoms with Crippen molar-refractivity contribution in [2.75, 3.05) is 31.8 Å². The van der Waals surface area contributed by atoms with Crippen molar-refractivity contribution in [1.82, 2.24) is 10.3 Å². The molecule has 3 rings (SSSR count). The fourth-order valence-corrected chi connectivity index (χ4v) is 4.65. The molecule has 0 aliphatic heterocycles. The first-order valence-electron chi connectivity index (χ1n) is 10.4. The number of rotatable bonds is 11. The number of thiazole rings is 1. The van der Waals surface area contributed by atoms with Crippen LogP contribution in [0.4, 0.5) is 5.69 Å². The molecule has 2 N–H and O–H groups in total. The zero-order valence-corrected chi connectivity index (χ0v) is 20.5. The monoisotopic (exact) mass is 485 g/mol. The minimum absolute atomic E-state index is 0.0885. The van der Waals surface area contributed by atoms with Crippen LogP contribution in [0.2, 0.25) is 0 Å². The van der Waals surface area contributed by atoms with Crippen molar-refractivity contribution < 1.29 is 19.1 Å². The van der Waals surface area contributed by atoms with E-state index in [0.717, 1.165) is 21.2 Å². The molecule has 0 aliphatic carbocycles. The summed E-state index contributed by atoms with van der Waals surface area (Å²) in [5.74, 6) is 1.43. The second-order valence-corrected chi connectivity index (χ2v) is 9.35. The normalized spacial score (nSPS) is 10.5. The molecule has 0 saturated carbocycles. The molecule has 0 saturated heterocycles. The average Bonchev–Trinajstić information content (AvgIpc) is 3.26. The van der Waals surface area contributed by atoms with Gasteiger partial charge in [0, 0.05) is 17.6 Å². The number of methoxy groups -OCH3 is 2. The highest BCUT2D eigenvalue weighted by atomic mass is 32.2. The van der Waals surface area contributed by atoms with Gasteiger partial charge in [0.1, 0.15) is 0 Å². The number of carbonyl (C=O) groups is 2. The van der Waals surface area contributed by atoms with E-state index in [-0.39, 0.29) is 24.0 Å². The van der Waals surface area contributed by atoms with E-state index in [1.54, 1.807) is 14.2 Å². The molecule has 0 aliphatic rings. The third-order valence-electron chi connectivity index (χ3n) is 4.72. The summed E-state index contributed by atoms with van der Waals surface area (Å²) in [5.41, 5.74) is 3.66. The number of anilines is 1. The summed E-state index contributed by atoms with van der Waals surface area (Å²) in [6.45, 7) is 2.51. The number of hydrogen-bond donors (Lipinski definition) is 2. The van der Waals surface area contributed by atoms with Crippen molar-refractivity contribution in [2.24, 2.45) is 0 Å².